The van der Waals surface area contributed by atoms with Crippen molar-refractivity contribution in [1.82, 2.24) is 14.9 Å². The second kappa shape index (κ2) is 6.64. The molecule has 4 rings (SSSR count). The SMILES string of the molecule is O=C(Cn1cnc2sc3c(c2c1=O)CCCC3)NC[C@@H]1CCCO1. The molecule has 0 bridgehead atoms. The van der Waals surface area contributed by atoms with Crippen LogP contribution in [0.1, 0.15) is 36.1 Å². The largest absolute Gasteiger partial charge is 0.376 e. The second-order valence-electron chi connectivity index (χ2n) is 6.51. The fourth-order valence-corrected chi connectivity index (χ4v) is 4.76. The zero-order valence-corrected chi connectivity index (χ0v) is 14.4. The third kappa shape index (κ3) is 2.98. The van der Waals surface area contributed by atoms with Crippen LogP contribution in [0, 0.1) is 0 Å². The molecule has 128 valence electrons. The summed E-state index contributed by atoms with van der Waals surface area (Å²) in [5, 5.41) is 3.58. The van der Waals surface area contributed by atoms with Gasteiger partial charge in [-0.05, 0) is 44.1 Å². The van der Waals surface area contributed by atoms with Crippen molar-refractivity contribution in [3.05, 3.63) is 27.1 Å². The summed E-state index contributed by atoms with van der Waals surface area (Å²) in [6, 6.07) is 0. The smallest absolute Gasteiger partial charge is 0.262 e. The summed E-state index contributed by atoms with van der Waals surface area (Å²) in [6.45, 7) is 1.29. The van der Waals surface area contributed by atoms with Gasteiger partial charge in [-0.15, -0.1) is 11.3 Å². The topological polar surface area (TPSA) is 73.2 Å². The Morgan fingerprint density at radius 1 is 1.38 bits per heavy atom. The Kier molecular flexibility index (Phi) is 4.37. The molecular formula is C17H21N3O3S. The third-order valence-corrected chi connectivity index (χ3v) is 6.01. The number of hydrogen-bond donors (Lipinski definition) is 1. The molecular weight excluding hydrogens is 326 g/mol. The van der Waals surface area contributed by atoms with Crippen LogP contribution in [0.25, 0.3) is 10.2 Å². The number of hydrogen-bond acceptors (Lipinski definition) is 5. The Bertz CT molecular complexity index is 820. The van der Waals surface area contributed by atoms with Crippen molar-refractivity contribution in [2.24, 2.45) is 0 Å². The highest BCUT2D eigenvalue weighted by atomic mass is 32.1. The van der Waals surface area contributed by atoms with Crippen molar-refractivity contribution in [1.29, 1.82) is 0 Å². The first-order valence-electron chi connectivity index (χ1n) is 8.60. The Hall–Kier alpha value is -1.73. The number of nitrogens with zero attached hydrogens (tertiary/aromatic N) is 2. The van der Waals surface area contributed by atoms with E-state index in [-0.39, 0.29) is 24.1 Å². The number of amides is 1. The van der Waals surface area contributed by atoms with Gasteiger partial charge in [0.25, 0.3) is 5.56 Å². The van der Waals surface area contributed by atoms with E-state index >= 15 is 0 Å². The third-order valence-electron chi connectivity index (χ3n) is 4.81. The van der Waals surface area contributed by atoms with Crippen molar-refractivity contribution < 1.29 is 9.53 Å². The molecule has 1 N–H and O–H groups in total. The molecule has 0 unspecified atom stereocenters. The van der Waals surface area contributed by atoms with E-state index in [9.17, 15) is 9.59 Å². The van der Waals surface area contributed by atoms with Gasteiger partial charge < -0.3 is 10.1 Å². The lowest BCUT2D eigenvalue weighted by Crippen LogP contribution is -2.36. The molecule has 24 heavy (non-hydrogen) atoms. The quantitative estimate of drug-likeness (QED) is 0.912. The van der Waals surface area contributed by atoms with Crippen LogP contribution < -0.4 is 10.9 Å². The first-order chi connectivity index (χ1) is 11.7. The molecule has 2 aliphatic rings. The summed E-state index contributed by atoms with van der Waals surface area (Å²) in [5.74, 6) is -0.169. The minimum Gasteiger partial charge on any atom is -0.376 e. The summed E-state index contributed by atoms with van der Waals surface area (Å²) in [4.78, 5) is 31.4. The first-order valence-corrected chi connectivity index (χ1v) is 9.42. The van der Waals surface area contributed by atoms with Gasteiger partial charge in [0.05, 0.1) is 17.8 Å². The highest BCUT2D eigenvalue weighted by Crippen LogP contribution is 2.33. The lowest BCUT2D eigenvalue weighted by Gasteiger charge is -2.12. The van der Waals surface area contributed by atoms with Crippen LogP contribution in [-0.4, -0.2) is 34.7 Å². The van der Waals surface area contributed by atoms with E-state index < -0.39 is 0 Å². The van der Waals surface area contributed by atoms with Gasteiger partial charge in [0, 0.05) is 18.0 Å². The highest BCUT2D eigenvalue weighted by Gasteiger charge is 2.21. The van der Waals surface area contributed by atoms with Crippen LogP contribution >= 0.6 is 11.3 Å². The Labute approximate surface area is 143 Å². The van der Waals surface area contributed by atoms with Gasteiger partial charge in [0.15, 0.2) is 0 Å². The maximum atomic E-state index is 12.8. The molecule has 1 aliphatic carbocycles. The number of rotatable bonds is 4. The van der Waals surface area contributed by atoms with E-state index in [1.165, 1.54) is 22.2 Å². The first kappa shape index (κ1) is 15.8. The molecule has 1 atom stereocenters. The monoisotopic (exact) mass is 347 g/mol. The predicted molar refractivity (Wildman–Crippen MR) is 92.5 cm³/mol. The summed E-state index contributed by atoms with van der Waals surface area (Å²) in [5.41, 5.74) is 1.07. The van der Waals surface area contributed by atoms with Crippen LogP contribution in [-0.2, 0) is 28.9 Å². The second-order valence-corrected chi connectivity index (χ2v) is 7.59. The van der Waals surface area contributed by atoms with Crippen LogP contribution in [0.3, 0.4) is 0 Å². The number of fused-ring (bicyclic) bond motifs is 3. The number of aryl methyl sites for hydroxylation is 2. The fraction of sp³-hybridized carbons (Fsp3) is 0.588. The molecule has 1 aliphatic heterocycles. The molecule has 1 fully saturated rings. The van der Waals surface area contributed by atoms with Gasteiger partial charge in [0.1, 0.15) is 11.4 Å². The number of nitrogens with one attached hydrogen (secondary N) is 1. The van der Waals surface area contributed by atoms with Gasteiger partial charge in [-0.3, -0.25) is 14.2 Å². The summed E-state index contributed by atoms with van der Waals surface area (Å²) in [6.07, 6.45) is 7.92. The standard InChI is InChI=1S/C17H21N3O3S/c21-14(18-8-11-4-3-7-23-11)9-20-10-19-16-15(17(20)22)12-5-1-2-6-13(12)24-16/h10-11H,1-9H2,(H,18,21)/t11-/m0/s1. The van der Waals surface area contributed by atoms with E-state index in [4.69, 9.17) is 4.74 Å². The molecule has 1 amide bonds. The van der Waals surface area contributed by atoms with E-state index in [2.05, 4.69) is 10.3 Å². The van der Waals surface area contributed by atoms with E-state index in [1.54, 1.807) is 11.3 Å². The molecule has 2 aromatic rings. The maximum absolute atomic E-state index is 12.8. The zero-order valence-electron chi connectivity index (χ0n) is 13.5. The van der Waals surface area contributed by atoms with Crippen molar-refractivity contribution in [2.45, 2.75) is 51.2 Å². The van der Waals surface area contributed by atoms with Crippen molar-refractivity contribution in [3.8, 4) is 0 Å². The minimum absolute atomic E-state index is 0.0130. The van der Waals surface area contributed by atoms with Crippen molar-refractivity contribution >= 4 is 27.5 Å². The van der Waals surface area contributed by atoms with Gasteiger partial charge in [0.2, 0.25) is 5.91 Å². The Balaban J connectivity index is 1.52. The molecule has 0 spiro atoms. The van der Waals surface area contributed by atoms with Gasteiger partial charge in [-0.1, -0.05) is 0 Å². The average Bonchev–Trinajstić information content (AvgIpc) is 3.22. The lowest BCUT2D eigenvalue weighted by molar-refractivity contribution is -0.122. The van der Waals surface area contributed by atoms with Gasteiger partial charge in [-0.25, -0.2) is 4.98 Å². The zero-order chi connectivity index (χ0) is 16.5. The molecule has 0 radical (unpaired) electrons. The Morgan fingerprint density at radius 3 is 3.08 bits per heavy atom. The fourth-order valence-electron chi connectivity index (χ4n) is 3.54. The average molecular weight is 347 g/mol. The normalized spacial score (nSPS) is 20.2. The number of ether oxygens (including phenoxy) is 1. The number of carbonyl (C=O) groups is 1. The number of carbonyl (C=O) groups excluding carboxylic acids is 1. The predicted octanol–water partition coefficient (Wildman–Crippen LogP) is 1.63. The van der Waals surface area contributed by atoms with Gasteiger partial charge in [-0.2, -0.15) is 0 Å². The summed E-state index contributed by atoms with van der Waals surface area (Å²) < 4.78 is 6.92. The molecule has 2 aromatic heterocycles. The van der Waals surface area contributed by atoms with E-state index in [0.717, 1.165) is 54.5 Å². The molecule has 7 heteroatoms. The molecule has 3 heterocycles. The Morgan fingerprint density at radius 2 is 2.25 bits per heavy atom. The van der Waals surface area contributed by atoms with Crippen LogP contribution in [0.5, 0.6) is 0 Å². The number of aromatic nitrogens is 2. The van der Waals surface area contributed by atoms with Crippen molar-refractivity contribution in [2.75, 3.05) is 13.2 Å². The lowest BCUT2D eigenvalue weighted by atomic mass is 9.97. The molecule has 1 saturated heterocycles. The summed E-state index contributed by atoms with van der Waals surface area (Å²) >= 11 is 1.63. The van der Waals surface area contributed by atoms with Gasteiger partial charge >= 0.3 is 0 Å². The van der Waals surface area contributed by atoms with Crippen LogP contribution in [0.4, 0.5) is 0 Å². The maximum Gasteiger partial charge on any atom is 0.262 e. The molecule has 6 nitrogen and oxygen atoms in total. The van der Waals surface area contributed by atoms with E-state index in [0.29, 0.717) is 6.54 Å². The van der Waals surface area contributed by atoms with E-state index in [1.807, 2.05) is 0 Å². The van der Waals surface area contributed by atoms with Crippen LogP contribution in [0.2, 0.25) is 0 Å². The number of thiophene rings is 1. The van der Waals surface area contributed by atoms with Crippen molar-refractivity contribution in [3.63, 3.8) is 0 Å². The highest BCUT2D eigenvalue weighted by molar-refractivity contribution is 7.18. The summed E-state index contributed by atoms with van der Waals surface area (Å²) in [7, 11) is 0. The molecule has 0 aromatic carbocycles. The molecule has 0 saturated carbocycles. The minimum atomic E-state index is -0.169. The van der Waals surface area contributed by atoms with Crippen LogP contribution in [0.15, 0.2) is 11.1 Å².